The van der Waals surface area contributed by atoms with E-state index in [1.807, 2.05) is 0 Å². The Labute approximate surface area is 132 Å². The maximum absolute atomic E-state index is 10.5. The molecule has 2 aliphatic carbocycles. The van der Waals surface area contributed by atoms with Crippen molar-refractivity contribution in [2.24, 2.45) is 17.8 Å². The SMILES string of the molecule is C[13C@H]1C=[13CH]C2=[13CH]C[13CH2]C[13C@@H]2[C@H]1[13CH2]C[13C@H]([18OH])C[13C@H]([18OH])C[13C](O)=[18O]. The Morgan fingerprint density at radius 2 is 2.18 bits per heavy atom. The summed E-state index contributed by atoms with van der Waals surface area (Å²) >= 11 is 0. The van der Waals surface area contributed by atoms with Crippen molar-refractivity contribution < 1.29 is 20.1 Å². The standard InChI is InChI=1S/C18H28O4/c1-12-6-7-13-4-2-3-5-17(13)16(12)9-8-14(19)10-15(20)11-18(21)22/h4,6-7,12,14-17,19-20H,2-3,5,8-11H2,1H3,(H,21,22)/t12-,14-,15-,16-,17-/m0/s1/i3+1,4+1,7+1,9+1,12+1,14+1,15+1,17+1,18+1,19+2,20+2,21+2. The number of aliphatic carboxylic acids is 1. The van der Waals surface area contributed by atoms with Crippen molar-refractivity contribution in [2.75, 3.05) is 0 Å². The third kappa shape index (κ3) is 4.68. The molecule has 124 valence electrons. The van der Waals surface area contributed by atoms with Crippen molar-refractivity contribution >= 4 is 5.97 Å². The van der Waals surface area contributed by atoms with Gasteiger partial charge in [-0.3, -0.25) is 4.79 Å². The Morgan fingerprint density at radius 3 is 2.91 bits per heavy atom. The largest absolute Gasteiger partial charge is 0.481 e. The summed E-state index contributed by atoms with van der Waals surface area (Å²) in [5.74, 6) is 0.631. The number of aliphatic hydroxyl groups excluding tert-OH is 2. The maximum atomic E-state index is 10.5. The van der Waals surface area contributed by atoms with Gasteiger partial charge in [0, 0.05) is 0 Å². The lowest BCUT2D eigenvalue weighted by Gasteiger charge is -2.37. The summed E-state index contributed by atoms with van der Waals surface area (Å²) in [6, 6.07) is 0. The van der Waals surface area contributed by atoms with Crippen LogP contribution in [0.1, 0.15) is 51.9 Å². The van der Waals surface area contributed by atoms with E-state index in [4.69, 9.17) is 5.11 Å². The van der Waals surface area contributed by atoms with Gasteiger partial charge in [0.1, 0.15) is 0 Å². The summed E-state index contributed by atoms with van der Waals surface area (Å²) in [6.07, 6.45) is 10.3. The van der Waals surface area contributed by atoms with Gasteiger partial charge in [0.05, 0.1) is 18.6 Å². The van der Waals surface area contributed by atoms with Crippen LogP contribution < -0.4 is 0 Å². The van der Waals surface area contributed by atoms with Crippen molar-refractivity contribution in [3.63, 3.8) is 0 Å². The number of rotatable bonds is 7. The molecule has 4 nitrogen and oxygen atoms in total. The molecule has 4 heteroatoms. The minimum atomic E-state index is -1.03. The smallest absolute Gasteiger partial charge is 0.305 e. The van der Waals surface area contributed by atoms with E-state index in [1.54, 1.807) is 0 Å². The van der Waals surface area contributed by atoms with Crippen molar-refractivity contribution in [3.05, 3.63) is 23.8 Å². The molecular weight excluding hydrogens is 295 g/mol. The van der Waals surface area contributed by atoms with Crippen molar-refractivity contribution in [1.82, 2.24) is 0 Å². The number of hydrogen-bond donors (Lipinski definition) is 3. The zero-order chi connectivity index (χ0) is 16.1. The van der Waals surface area contributed by atoms with E-state index < -0.39 is 18.2 Å². The number of fused-ring (bicyclic) bond motifs is 1. The first-order valence-electron chi connectivity index (χ1n) is 8.43. The molecule has 0 aromatic carbocycles. The lowest BCUT2D eigenvalue weighted by Crippen LogP contribution is -2.29. The van der Waals surface area contributed by atoms with Crippen molar-refractivity contribution in [2.45, 2.75) is 64.1 Å². The lowest BCUT2D eigenvalue weighted by molar-refractivity contribution is -0.139. The number of carboxylic acids is 1. The quantitative estimate of drug-likeness (QED) is 0.497. The zero-order valence-electron chi connectivity index (χ0n) is 13.3. The Bertz CT molecular complexity index is 440. The Kier molecular flexibility index (Phi) is 6.21. The Hall–Kier alpha value is -1.13. The number of allylic oxidation sites excluding steroid dienone is 4. The normalized spacial score (nSPS) is 30.3. The molecule has 0 saturated carbocycles. The van der Waals surface area contributed by atoms with Gasteiger partial charge in [-0.25, -0.2) is 0 Å². The van der Waals surface area contributed by atoms with E-state index in [0.29, 0.717) is 24.2 Å². The van der Waals surface area contributed by atoms with Crippen LogP contribution >= 0.6 is 0 Å². The van der Waals surface area contributed by atoms with E-state index in [9.17, 15) is 15.0 Å². The molecule has 2 aliphatic rings. The minimum Gasteiger partial charge on any atom is -0.481 e. The minimum absolute atomic E-state index is 0.149. The fraction of sp³-hybridized carbons (Fsp3) is 0.722. The second-order valence-corrected chi connectivity index (χ2v) is 6.84. The molecule has 0 aliphatic heterocycles. The molecule has 0 unspecified atom stereocenters. The van der Waals surface area contributed by atoms with Gasteiger partial charge < -0.3 is 15.3 Å². The highest BCUT2D eigenvalue weighted by Gasteiger charge is 2.32. The topological polar surface area (TPSA) is 77.8 Å². The molecule has 0 aromatic rings. The van der Waals surface area contributed by atoms with E-state index in [2.05, 4.69) is 25.2 Å². The number of carboxylic acid groups (broad SMARTS) is 1. The fourth-order valence-corrected chi connectivity index (χ4v) is 3.92. The molecule has 0 radical (unpaired) electrons. The highest BCUT2D eigenvalue weighted by Crippen LogP contribution is 2.42. The summed E-state index contributed by atoms with van der Waals surface area (Å²) in [6.45, 7) is 2.23. The molecule has 0 saturated heterocycles. The van der Waals surface area contributed by atoms with Crippen molar-refractivity contribution in [1.29, 1.82) is 0 Å². The predicted octanol–water partition coefficient (Wildman–Crippen LogP) is 2.90. The molecule has 0 amide bonds. The van der Waals surface area contributed by atoms with Crippen LogP contribution in [0, 0.1) is 17.8 Å². The van der Waals surface area contributed by atoms with Crippen LogP contribution in [-0.4, -0.2) is 33.5 Å². The first-order chi connectivity index (χ1) is 10.5. The van der Waals surface area contributed by atoms with Crippen LogP contribution in [0.2, 0.25) is 0 Å². The number of carbonyl (C=O) groups is 1. The first-order valence-corrected chi connectivity index (χ1v) is 8.43. The van der Waals surface area contributed by atoms with Gasteiger partial charge in [0.25, 0.3) is 0 Å². The monoisotopic (exact) mass is 323 g/mol. The molecule has 0 fully saturated rings. The van der Waals surface area contributed by atoms with Crippen LogP contribution in [0.15, 0.2) is 23.8 Å². The van der Waals surface area contributed by atoms with Crippen molar-refractivity contribution in [3.8, 4) is 0 Å². The van der Waals surface area contributed by atoms with E-state index in [0.717, 1.165) is 6.42 Å². The molecule has 5 atom stereocenters. The Morgan fingerprint density at radius 1 is 1.41 bits per heavy atom. The molecule has 22 heavy (non-hydrogen) atoms. The molecule has 0 heterocycles. The summed E-state index contributed by atoms with van der Waals surface area (Å²) < 4.78 is 0. The predicted molar refractivity (Wildman–Crippen MR) is 85.3 cm³/mol. The third-order valence-electron chi connectivity index (χ3n) is 5.10. The maximum Gasteiger partial charge on any atom is 0.305 e. The van der Waals surface area contributed by atoms with E-state index in [1.165, 1.54) is 24.8 Å². The average Bonchev–Trinajstić information content (AvgIpc) is 2.45. The highest BCUT2D eigenvalue weighted by molar-refractivity contribution is 5.67. The molecular formula is C18H28O4. The molecule has 2 rings (SSSR count). The van der Waals surface area contributed by atoms with Crippen LogP contribution in [0.25, 0.3) is 0 Å². The lowest BCUT2D eigenvalue weighted by atomic mass is 10.1. The van der Waals surface area contributed by atoms with Gasteiger partial charge in [0.15, 0.2) is 0 Å². The number of hydrogen-bond acceptors (Lipinski definition) is 3. The van der Waals surface area contributed by atoms with Crippen LogP contribution in [-0.2, 0) is 4.79 Å². The first kappa shape index (κ1) is 17.2. The average molecular weight is 323 g/mol. The van der Waals surface area contributed by atoms with E-state index >= 15 is 0 Å². The molecule has 0 bridgehead atoms. The van der Waals surface area contributed by atoms with Gasteiger partial charge in [-0.05, 0) is 61.9 Å². The second kappa shape index (κ2) is 7.93. The van der Waals surface area contributed by atoms with Crippen LogP contribution in [0.3, 0.4) is 0 Å². The zero-order valence-corrected chi connectivity index (χ0v) is 13.3. The van der Waals surface area contributed by atoms with Gasteiger partial charge in [-0.2, -0.15) is 0 Å². The summed E-state index contributed by atoms with van der Waals surface area (Å²) in [4.78, 5) is 10.5. The summed E-state index contributed by atoms with van der Waals surface area (Å²) in [5.41, 5.74) is 1.45. The highest BCUT2D eigenvalue weighted by atomic mass is 18.2. The second-order valence-electron chi connectivity index (χ2n) is 6.84. The number of aliphatic hydroxyl groups is 2. The summed E-state index contributed by atoms with van der Waals surface area (Å²) in [7, 11) is 0. The fourth-order valence-electron chi connectivity index (χ4n) is 3.92. The van der Waals surface area contributed by atoms with Crippen LogP contribution in [0.4, 0.5) is 0 Å². The third-order valence-corrected chi connectivity index (χ3v) is 5.10. The van der Waals surface area contributed by atoms with Gasteiger partial charge >= 0.3 is 5.97 Å². The molecule has 3 N–H and O–H groups in total. The summed E-state index contributed by atoms with van der Waals surface area (Å²) in [5, 5.41) is 28.3. The van der Waals surface area contributed by atoms with Crippen LogP contribution in [0.5, 0.6) is 0 Å². The molecule has 0 spiro atoms. The molecule has 0 aromatic heterocycles. The van der Waals surface area contributed by atoms with Gasteiger partial charge in [-0.15, -0.1) is 0 Å². The Balaban J connectivity index is 1.84. The van der Waals surface area contributed by atoms with Gasteiger partial charge in [-0.1, -0.05) is 25.2 Å². The van der Waals surface area contributed by atoms with Gasteiger partial charge in [0.2, 0.25) is 0 Å². The van der Waals surface area contributed by atoms with E-state index in [-0.39, 0.29) is 12.8 Å².